The number of sulfonamides is 1. The molecule has 1 amide bonds. The first-order chi connectivity index (χ1) is 17.3. The molecule has 0 saturated carbocycles. The first-order valence-electron chi connectivity index (χ1n) is 12.1. The number of rotatable bonds is 10. The minimum Gasteiger partial charge on any atom is -0.325 e. The summed E-state index contributed by atoms with van der Waals surface area (Å²) in [4.78, 5) is 19.9. The number of carbonyl (C=O) groups is 1. The molecule has 1 heterocycles. The van der Waals surface area contributed by atoms with Gasteiger partial charge in [0.1, 0.15) is 5.92 Å². The average molecular weight is 505 g/mol. The summed E-state index contributed by atoms with van der Waals surface area (Å²) in [5.41, 5.74) is 4.45. The van der Waals surface area contributed by atoms with Crippen LogP contribution < -0.4 is 9.62 Å². The largest absolute Gasteiger partial charge is 0.325 e. The maximum atomic E-state index is 13.0. The Morgan fingerprint density at radius 1 is 0.917 bits per heavy atom. The zero-order chi connectivity index (χ0) is 25.7. The number of benzene rings is 3. The zero-order valence-electron chi connectivity index (χ0n) is 20.9. The van der Waals surface area contributed by atoms with Crippen LogP contribution in [0.4, 0.5) is 17.1 Å². The fourth-order valence-electron chi connectivity index (χ4n) is 4.31. The number of hydrogen-bond acceptors (Lipinski definition) is 5. The van der Waals surface area contributed by atoms with Crippen LogP contribution in [0.3, 0.4) is 0 Å². The van der Waals surface area contributed by atoms with Gasteiger partial charge >= 0.3 is 0 Å². The van der Waals surface area contributed by atoms with E-state index in [0.717, 1.165) is 16.8 Å². The normalized spacial score (nSPS) is 15.6. The highest BCUT2D eigenvalue weighted by atomic mass is 32.2. The number of para-hydroxylation sites is 1. The molecule has 36 heavy (non-hydrogen) atoms. The first kappa shape index (κ1) is 25.6. The molecule has 0 aliphatic carbocycles. The van der Waals surface area contributed by atoms with E-state index in [9.17, 15) is 13.2 Å². The van der Waals surface area contributed by atoms with Crippen LogP contribution in [0.1, 0.15) is 30.4 Å². The zero-order valence-corrected chi connectivity index (χ0v) is 21.7. The number of carbonyl (C=O) groups excluding carboxylic acids is 1. The first-order valence-corrected chi connectivity index (χ1v) is 13.7. The van der Waals surface area contributed by atoms with E-state index in [0.29, 0.717) is 36.6 Å². The SMILES string of the molecule is CCCS(=O)(=O)N(CCN(C)C)c1ccc(N=C(c2ccccc2)C2C(=O)Nc3ccccc32)cc1. The van der Waals surface area contributed by atoms with Gasteiger partial charge in [0.25, 0.3) is 0 Å². The minimum absolute atomic E-state index is 0.0920. The molecule has 0 radical (unpaired) electrons. The summed E-state index contributed by atoms with van der Waals surface area (Å²) in [6.07, 6.45) is 0.550. The quantitative estimate of drug-likeness (QED) is 0.408. The van der Waals surface area contributed by atoms with Crippen LogP contribution in [-0.4, -0.2) is 57.9 Å². The van der Waals surface area contributed by atoms with E-state index in [1.807, 2.05) is 80.5 Å². The van der Waals surface area contributed by atoms with Crippen molar-refractivity contribution in [2.24, 2.45) is 4.99 Å². The topological polar surface area (TPSA) is 82.1 Å². The lowest BCUT2D eigenvalue weighted by molar-refractivity contribution is -0.115. The molecule has 188 valence electrons. The van der Waals surface area contributed by atoms with Gasteiger partial charge in [-0.1, -0.05) is 55.5 Å². The summed E-state index contributed by atoms with van der Waals surface area (Å²) >= 11 is 0. The molecular weight excluding hydrogens is 472 g/mol. The highest BCUT2D eigenvalue weighted by Gasteiger charge is 2.35. The van der Waals surface area contributed by atoms with Gasteiger partial charge in [0.15, 0.2) is 0 Å². The van der Waals surface area contributed by atoms with Crippen molar-refractivity contribution in [2.75, 3.05) is 42.6 Å². The van der Waals surface area contributed by atoms with Crippen molar-refractivity contribution >= 4 is 38.7 Å². The number of anilines is 2. The van der Waals surface area contributed by atoms with E-state index in [1.165, 1.54) is 4.31 Å². The van der Waals surface area contributed by atoms with Gasteiger partial charge in [-0.3, -0.25) is 14.1 Å². The minimum atomic E-state index is -3.44. The molecule has 1 N–H and O–H groups in total. The van der Waals surface area contributed by atoms with Crippen molar-refractivity contribution in [1.29, 1.82) is 0 Å². The molecule has 3 aromatic rings. The van der Waals surface area contributed by atoms with Crippen molar-refractivity contribution in [2.45, 2.75) is 19.3 Å². The van der Waals surface area contributed by atoms with Gasteiger partial charge in [-0.25, -0.2) is 8.42 Å². The molecule has 0 fully saturated rings. The summed E-state index contributed by atoms with van der Waals surface area (Å²) in [7, 11) is 0.407. The molecule has 8 heteroatoms. The van der Waals surface area contributed by atoms with Gasteiger partial charge in [0.2, 0.25) is 15.9 Å². The molecule has 1 atom stereocenters. The summed E-state index contributed by atoms with van der Waals surface area (Å²) in [5.74, 6) is -0.560. The van der Waals surface area contributed by atoms with Gasteiger partial charge in [-0.15, -0.1) is 0 Å². The maximum Gasteiger partial charge on any atom is 0.238 e. The van der Waals surface area contributed by atoms with E-state index in [-0.39, 0.29) is 11.7 Å². The summed E-state index contributed by atoms with van der Waals surface area (Å²) in [5, 5.41) is 2.96. The summed E-state index contributed by atoms with van der Waals surface area (Å²) in [6.45, 7) is 2.84. The van der Waals surface area contributed by atoms with Crippen LogP contribution in [0, 0.1) is 0 Å². The molecule has 1 aliphatic heterocycles. The number of amides is 1. The molecular formula is C28H32N4O3S. The molecule has 0 aromatic heterocycles. The van der Waals surface area contributed by atoms with Crippen LogP contribution in [-0.2, 0) is 14.8 Å². The Labute approximate surface area is 213 Å². The van der Waals surface area contributed by atoms with E-state index in [4.69, 9.17) is 4.99 Å². The maximum absolute atomic E-state index is 13.0. The van der Waals surface area contributed by atoms with Crippen LogP contribution in [0.5, 0.6) is 0 Å². The third kappa shape index (κ3) is 5.66. The van der Waals surface area contributed by atoms with Crippen molar-refractivity contribution in [1.82, 2.24) is 4.90 Å². The summed E-state index contributed by atoms with van der Waals surface area (Å²) < 4.78 is 27.4. The Kier molecular flexibility index (Phi) is 7.86. The molecule has 1 aliphatic rings. The van der Waals surface area contributed by atoms with E-state index in [1.54, 1.807) is 24.3 Å². The Hall–Kier alpha value is -3.49. The number of nitrogens with one attached hydrogen (secondary N) is 1. The second-order valence-corrected chi connectivity index (χ2v) is 11.1. The van der Waals surface area contributed by atoms with E-state index < -0.39 is 15.9 Å². The van der Waals surface area contributed by atoms with Gasteiger partial charge in [0, 0.05) is 18.8 Å². The van der Waals surface area contributed by atoms with Crippen LogP contribution in [0.25, 0.3) is 0 Å². The fourth-order valence-corrected chi connectivity index (χ4v) is 5.84. The molecule has 7 nitrogen and oxygen atoms in total. The molecule has 0 bridgehead atoms. The Bertz CT molecular complexity index is 1340. The molecule has 0 saturated heterocycles. The molecule has 3 aromatic carbocycles. The van der Waals surface area contributed by atoms with Gasteiger partial charge in [0.05, 0.1) is 22.8 Å². The van der Waals surface area contributed by atoms with Crippen LogP contribution in [0.2, 0.25) is 0 Å². The molecule has 1 unspecified atom stereocenters. The Morgan fingerprint density at radius 2 is 1.58 bits per heavy atom. The van der Waals surface area contributed by atoms with Crippen LogP contribution >= 0.6 is 0 Å². The van der Waals surface area contributed by atoms with Crippen molar-refractivity contribution < 1.29 is 13.2 Å². The lowest BCUT2D eigenvalue weighted by Crippen LogP contribution is -2.38. The third-order valence-electron chi connectivity index (χ3n) is 6.07. The van der Waals surface area contributed by atoms with Gasteiger partial charge < -0.3 is 10.2 Å². The fraction of sp³-hybridized carbons (Fsp3) is 0.286. The van der Waals surface area contributed by atoms with Gasteiger partial charge in [-0.05, 0) is 62.0 Å². The number of hydrogen-bond donors (Lipinski definition) is 1. The van der Waals surface area contributed by atoms with Crippen molar-refractivity contribution in [3.05, 3.63) is 90.0 Å². The van der Waals surface area contributed by atoms with E-state index in [2.05, 4.69) is 5.32 Å². The standard InChI is InChI=1S/C28H32N4O3S/c1-4-20-36(34,35)32(19-18-31(2)3)23-16-14-22(15-17-23)29-27(21-10-6-5-7-11-21)26-24-12-8-9-13-25(24)30-28(26)33/h5-17,26H,4,18-20H2,1-3H3,(H,30,33). The monoisotopic (exact) mass is 504 g/mol. The molecule has 4 rings (SSSR count). The second-order valence-electron chi connectivity index (χ2n) is 9.08. The predicted octanol–water partition coefficient (Wildman–Crippen LogP) is 4.65. The van der Waals surface area contributed by atoms with Crippen molar-refractivity contribution in [3.8, 4) is 0 Å². The van der Waals surface area contributed by atoms with E-state index >= 15 is 0 Å². The summed E-state index contributed by atoms with van der Waals surface area (Å²) in [6, 6.07) is 24.5. The van der Waals surface area contributed by atoms with Crippen molar-refractivity contribution in [3.63, 3.8) is 0 Å². The second kappa shape index (κ2) is 11.1. The molecule has 0 spiro atoms. The number of fused-ring (bicyclic) bond motifs is 1. The third-order valence-corrected chi connectivity index (χ3v) is 8.06. The Morgan fingerprint density at radius 3 is 2.25 bits per heavy atom. The predicted molar refractivity (Wildman–Crippen MR) is 147 cm³/mol. The number of nitrogens with zero attached hydrogens (tertiary/aromatic N) is 3. The highest BCUT2D eigenvalue weighted by Crippen LogP contribution is 2.36. The lowest BCUT2D eigenvalue weighted by atomic mass is 9.90. The van der Waals surface area contributed by atoms with Crippen LogP contribution in [0.15, 0.2) is 83.9 Å². The lowest BCUT2D eigenvalue weighted by Gasteiger charge is -2.26. The number of likely N-dealkylation sites (N-methyl/N-ethyl adjacent to an activating group) is 1. The smallest absolute Gasteiger partial charge is 0.238 e. The number of aliphatic imine (C=N–C) groups is 1. The highest BCUT2D eigenvalue weighted by molar-refractivity contribution is 7.92. The Balaban J connectivity index is 1.72. The van der Waals surface area contributed by atoms with Gasteiger partial charge in [-0.2, -0.15) is 0 Å². The average Bonchev–Trinajstić information content (AvgIpc) is 3.19.